The highest BCUT2D eigenvalue weighted by Crippen LogP contribution is 2.44. The molecule has 0 spiro atoms. The van der Waals surface area contributed by atoms with Crippen molar-refractivity contribution in [3.05, 3.63) is 69.3 Å². The first kappa shape index (κ1) is 24.0. The predicted molar refractivity (Wildman–Crippen MR) is 95.1 cm³/mol. The van der Waals surface area contributed by atoms with Gasteiger partial charge in [-0.1, -0.05) is 6.07 Å². The molecule has 0 N–H and O–H groups in total. The Labute approximate surface area is 178 Å². The van der Waals surface area contributed by atoms with E-state index in [1.165, 1.54) is 13.0 Å². The highest BCUT2D eigenvalue weighted by atomic mass is 19.4. The summed E-state index contributed by atoms with van der Waals surface area (Å²) in [6.45, 7) is 0.733. The molecule has 3 rings (SSSR count). The van der Waals surface area contributed by atoms with E-state index in [1.54, 1.807) is 0 Å². The monoisotopic (exact) mass is 481 g/mol. The number of alkyl halides is 8. The molecule has 1 aromatic carbocycles. The van der Waals surface area contributed by atoms with Crippen LogP contribution in [0.25, 0.3) is 11.4 Å². The molecule has 0 saturated carbocycles. The van der Waals surface area contributed by atoms with Crippen molar-refractivity contribution in [1.29, 1.82) is 0 Å². The summed E-state index contributed by atoms with van der Waals surface area (Å²) in [4.78, 5) is 16.8. The predicted octanol–water partition coefficient (Wildman–Crippen LogP) is 5.28. The van der Waals surface area contributed by atoms with Gasteiger partial charge in [-0.2, -0.15) is 35.1 Å². The Balaban J connectivity index is 2.20. The molecule has 0 fully saturated rings. The fourth-order valence-electron chi connectivity index (χ4n) is 2.92. The van der Waals surface area contributed by atoms with E-state index in [0.717, 1.165) is 18.3 Å². The normalized spacial score (nSPS) is 12.8. The lowest BCUT2D eigenvalue weighted by Gasteiger charge is -2.15. The van der Waals surface area contributed by atoms with Gasteiger partial charge in [-0.3, -0.25) is 15.1 Å². The average molecular weight is 481 g/mol. The third-order valence-electron chi connectivity index (χ3n) is 4.47. The minimum absolute atomic E-state index is 0.123. The van der Waals surface area contributed by atoms with E-state index in [9.17, 15) is 45.2 Å². The van der Waals surface area contributed by atoms with Gasteiger partial charge >= 0.3 is 18.3 Å². The van der Waals surface area contributed by atoms with Crippen molar-refractivity contribution in [2.45, 2.75) is 31.7 Å². The van der Waals surface area contributed by atoms with Gasteiger partial charge in [0.15, 0.2) is 5.82 Å². The van der Waals surface area contributed by atoms with Gasteiger partial charge in [0.1, 0.15) is 0 Å². The molecular formula is C18H11F8N5O2. The Bertz CT molecular complexity index is 1200. The van der Waals surface area contributed by atoms with Gasteiger partial charge in [-0.05, 0) is 24.6 Å². The lowest BCUT2D eigenvalue weighted by molar-refractivity contribution is -0.385. The third-order valence-corrected chi connectivity index (χ3v) is 4.47. The molecule has 0 aliphatic rings. The number of nitro benzene ring substituents is 1. The zero-order valence-corrected chi connectivity index (χ0v) is 16.2. The van der Waals surface area contributed by atoms with Crippen LogP contribution < -0.4 is 0 Å². The van der Waals surface area contributed by atoms with Crippen molar-refractivity contribution in [3.63, 3.8) is 0 Å². The Morgan fingerprint density at radius 1 is 1.06 bits per heavy atom. The number of benzene rings is 1. The Morgan fingerprint density at radius 2 is 1.73 bits per heavy atom. The van der Waals surface area contributed by atoms with E-state index in [2.05, 4.69) is 15.1 Å². The lowest BCUT2D eigenvalue weighted by atomic mass is 10.1. The minimum Gasteiger partial charge on any atom is -0.264 e. The van der Waals surface area contributed by atoms with Crippen LogP contribution in [-0.4, -0.2) is 30.8 Å². The van der Waals surface area contributed by atoms with Crippen LogP contribution in [0.4, 0.5) is 40.8 Å². The number of aryl methyl sites for hydroxylation is 1. The van der Waals surface area contributed by atoms with Crippen LogP contribution in [0.1, 0.15) is 22.5 Å². The van der Waals surface area contributed by atoms with Crippen LogP contribution in [0, 0.1) is 17.0 Å². The molecule has 0 aliphatic heterocycles. The fraction of sp³-hybridized carbons (Fsp3) is 0.278. The molecule has 2 aromatic heterocycles. The first-order valence-corrected chi connectivity index (χ1v) is 8.78. The van der Waals surface area contributed by atoms with E-state index in [4.69, 9.17) is 0 Å². The first-order chi connectivity index (χ1) is 15.1. The largest absolute Gasteiger partial charge is 0.461 e. The maximum Gasteiger partial charge on any atom is 0.461 e. The second-order valence-electron chi connectivity index (χ2n) is 6.79. The number of nitrogens with zero attached hydrogens (tertiary/aromatic N) is 5. The molecule has 15 heteroatoms. The van der Waals surface area contributed by atoms with Crippen LogP contribution in [0.2, 0.25) is 0 Å². The molecule has 0 saturated heterocycles. The van der Waals surface area contributed by atoms with Crippen molar-refractivity contribution >= 4 is 5.69 Å². The molecule has 0 amide bonds. The quantitative estimate of drug-likeness (QED) is 0.281. The zero-order valence-electron chi connectivity index (χ0n) is 16.2. The standard InChI is InChI=1S/C18H11F8N5O2/c1-9-6-10(2-3-13(9)31(32)33)8-30-14(11-7-27-5-4-12(11)17(21,22)23)28-15(29-30)16(19,20)18(24,25)26/h2-7H,8H2,1H3. The summed E-state index contributed by atoms with van der Waals surface area (Å²) in [5.74, 6) is -8.55. The van der Waals surface area contributed by atoms with Gasteiger partial charge in [0.2, 0.25) is 5.82 Å². The van der Waals surface area contributed by atoms with Crippen molar-refractivity contribution < 1.29 is 40.0 Å². The second-order valence-corrected chi connectivity index (χ2v) is 6.79. The molecule has 0 atom stereocenters. The first-order valence-electron chi connectivity index (χ1n) is 8.78. The molecule has 2 heterocycles. The van der Waals surface area contributed by atoms with E-state index in [-0.39, 0.29) is 16.8 Å². The van der Waals surface area contributed by atoms with E-state index in [0.29, 0.717) is 16.9 Å². The SMILES string of the molecule is Cc1cc(Cn2nc(C(F)(F)C(F)(F)F)nc2-c2cnccc2C(F)(F)F)ccc1[N+](=O)[O-]. The van der Waals surface area contributed by atoms with Crippen LogP contribution in [-0.2, 0) is 18.6 Å². The number of hydrogen-bond donors (Lipinski definition) is 0. The Hall–Kier alpha value is -3.65. The molecule has 0 unspecified atom stereocenters. The third kappa shape index (κ3) is 4.61. The topological polar surface area (TPSA) is 86.7 Å². The molecule has 33 heavy (non-hydrogen) atoms. The van der Waals surface area contributed by atoms with Crippen molar-refractivity contribution in [3.8, 4) is 11.4 Å². The van der Waals surface area contributed by atoms with Crippen LogP contribution >= 0.6 is 0 Å². The van der Waals surface area contributed by atoms with E-state index < -0.39 is 52.5 Å². The molecule has 7 nitrogen and oxygen atoms in total. The van der Waals surface area contributed by atoms with Gasteiger partial charge in [0.05, 0.1) is 17.0 Å². The number of nitro groups is 1. The zero-order chi connectivity index (χ0) is 24.8. The maximum atomic E-state index is 13.9. The number of hydrogen-bond acceptors (Lipinski definition) is 5. The fourth-order valence-corrected chi connectivity index (χ4v) is 2.92. The minimum atomic E-state index is -6.11. The average Bonchev–Trinajstić information content (AvgIpc) is 3.10. The van der Waals surface area contributed by atoms with Gasteiger partial charge in [0.25, 0.3) is 5.69 Å². The summed E-state index contributed by atoms with van der Waals surface area (Å²) in [5, 5.41) is 14.1. The summed E-state index contributed by atoms with van der Waals surface area (Å²) < 4.78 is 107. The summed E-state index contributed by atoms with van der Waals surface area (Å²) in [6, 6.07) is 3.94. The molecule has 0 radical (unpaired) electrons. The number of pyridine rings is 1. The molecule has 3 aromatic rings. The van der Waals surface area contributed by atoms with Crippen LogP contribution in [0.3, 0.4) is 0 Å². The summed E-state index contributed by atoms with van der Waals surface area (Å²) in [6.07, 6.45) is -9.74. The Morgan fingerprint density at radius 3 is 2.27 bits per heavy atom. The van der Waals surface area contributed by atoms with Gasteiger partial charge in [0, 0.05) is 29.6 Å². The Kier molecular flexibility index (Phi) is 5.85. The molecular weight excluding hydrogens is 470 g/mol. The van der Waals surface area contributed by atoms with Gasteiger partial charge in [-0.15, -0.1) is 5.10 Å². The maximum absolute atomic E-state index is 13.9. The van der Waals surface area contributed by atoms with Crippen LogP contribution in [0.15, 0.2) is 36.7 Å². The summed E-state index contributed by atoms with van der Waals surface area (Å²) in [5.41, 5.74) is -2.30. The van der Waals surface area contributed by atoms with E-state index >= 15 is 0 Å². The number of aromatic nitrogens is 4. The van der Waals surface area contributed by atoms with E-state index in [1.807, 2.05) is 0 Å². The molecule has 0 bridgehead atoms. The summed E-state index contributed by atoms with van der Waals surface area (Å²) >= 11 is 0. The lowest BCUT2D eigenvalue weighted by Crippen LogP contribution is -2.35. The number of halogens is 8. The second kappa shape index (κ2) is 8.04. The van der Waals surface area contributed by atoms with Gasteiger partial charge < -0.3 is 0 Å². The highest BCUT2D eigenvalue weighted by molar-refractivity contribution is 5.60. The molecule has 176 valence electrons. The smallest absolute Gasteiger partial charge is 0.264 e. The summed E-state index contributed by atoms with van der Waals surface area (Å²) in [7, 11) is 0. The molecule has 0 aliphatic carbocycles. The van der Waals surface area contributed by atoms with Crippen molar-refractivity contribution in [2.24, 2.45) is 0 Å². The van der Waals surface area contributed by atoms with Crippen LogP contribution in [0.5, 0.6) is 0 Å². The number of rotatable bonds is 5. The van der Waals surface area contributed by atoms with Gasteiger partial charge in [-0.25, -0.2) is 9.67 Å². The van der Waals surface area contributed by atoms with Crippen molar-refractivity contribution in [2.75, 3.05) is 0 Å². The van der Waals surface area contributed by atoms with Crippen molar-refractivity contribution in [1.82, 2.24) is 19.7 Å². The highest BCUT2D eigenvalue weighted by Gasteiger charge is 2.62.